The molecule has 7 heteroatoms. The Morgan fingerprint density at radius 3 is 2.52 bits per heavy atom. The number of sulfone groups is 1. The molecule has 0 atom stereocenters. The number of anilines is 2. The van der Waals surface area contributed by atoms with Crippen LogP contribution < -0.4 is 11.1 Å². The lowest BCUT2D eigenvalue weighted by Crippen LogP contribution is -2.23. The number of aromatic nitrogens is 1. The maximum atomic E-state index is 12.1. The van der Waals surface area contributed by atoms with E-state index in [1.165, 1.54) is 18.5 Å². The highest BCUT2D eigenvalue weighted by Gasteiger charge is 2.21. The van der Waals surface area contributed by atoms with Crippen molar-refractivity contribution in [2.75, 3.05) is 16.8 Å². The van der Waals surface area contributed by atoms with Gasteiger partial charge in [0, 0.05) is 11.9 Å². The van der Waals surface area contributed by atoms with E-state index in [2.05, 4.69) is 10.3 Å². The molecule has 0 saturated heterocycles. The molecule has 1 amide bonds. The molecule has 21 heavy (non-hydrogen) atoms. The van der Waals surface area contributed by atoms with Gasteiger partial charge in [-0.2, -0.15) is 0 Å². The third-order valence-corrected chi connectivity index (χ3v) is 4.49. The van der Waals surface area contributed by atoms with Gasteiger partial charge in [-0.3, -0.25) is 9.78 Å². The molecule has 1 heterocycles. The molecule has 0 aliphatic rings. The van der Waals surface area contributed by atoms with E-state index in [9.17, 15) is 13.2 Å². The summed E-state index contributed by atoms with van der Waals surface area (Å²) in [6, 6.07) is 8.35. The molecule has 2 rings (SSSR count). The molecule has 2 aromatic rings. The molecule has 1 aromatic carbocycles. The van der Waals surface area contributed by atoms with Gasteiger partial charge in [-0.1, -0.05) is 17.7 Å². The van der Waals surface area contributed by atoms with Gasteiger partial charge < -0.3 is 11.1 Å². The summed E-state index contributed by atoms with van der Waals surface area (Å²) in [6.07, 6.45) is 2.56. The maximum absolute atomic E-state index is 12.1. The second kappa shape index (κ2) is 5.92. The number of pyridine rings is 1. The van der Waals surface area contributed by atoms with E-state index in [0.29, 0.717) is 5.69 Å². The Morgan fingerprint density at radius 2 is 1.90 bits per heavy atom. The molecule has 0 fully saturated rings. The van der Waals surface area contributed by atoms with Crippen molar-refractivity contribution in [1.82, 2.24) is 4.98 Å². The number of carbonyl (C=O) groups is 1. The summed E-state index contributed by atoms with van der Waals surface area (Å²) in [5.74, 6) is -1.29. The molecule has 3 N–H and O–H groups in total. The van der Waals surface area contributed by atoms with E-state index < -0.39 is 21.5 Å². The Morgan fingerprint density at radius 1 is 1.24 bits per heavy atom. The summed E-state index contributed by atoms with van der Waals surface area (Å²) in [5, 5.41) is 2.54. The molecule has 0 aliphatic heterocycles. The van der Waals surface area contributed by atoms with E-state index in [1.54, 1.807) is 12.1 Å². The van der Waals surface area contributed by atoms with Crippen LogP contribution in [0.15, 0.2) is 47.6 Å². The van der Waals surface area contributed by atoms with Gasteiger partial charge in [-0.25, -0.2) is 8.42 Å². The van der Waals surface area contributed by atoms with Crippen molar-refractivity contribution in [2.24, 2.45) is 0 Å². The van der Waals surface area contributed by atoms with Crippen molar-refractivity contribution in [1.29, 1.82) is 0 Å². The number of nitrogens with two attached hydrogens (primary N) is 1. The smallest absolute Gasteiger partial charge is 0.239 e. The topological polar surface area (TPSA) is 102 Å². The number of amides is 1. The van der Waals surface area contributed by atoms with Crippen molar-refractivity contribution in [3.05, 3.63) is 48.3 Å². The summed E-state index contributed by atoms with van der Waals surface area (Å²) >= 11 is 0. The highest BCUT2D eigenvalue weighted by atomic mass is 32.2. The Bertz CT molecular complexity index is 755. The molecule has 0 bridgehead atoms. The number of hydrogen-bond acceptors (Lipinski definition) is 5. The van der Waals surface area contributed by atoms with Crippen LogP contribution in [0.2, 0.25) is 0 Å². The van der Waals surface area contributed by atoms with Crippen LogP contribution in [0.5, 0.6) is 0 Å². The minimum atomic E-state index is -3.80. The third-order valence-electron chi connectivity index (χ3n) is 2.80. The first-order valence-corrected chi connectivity index (χ1v) is 7.82. The van der Waals surface area contributed by atoms with Crippen molar-refractivity contribution in [2.45, 2.75) is 11.8 Å². The van der Waals surface area contributed by atoms with E-state index in [1.807, 2.05) is 19.1 Å². The number of aryl methyl sites for hydroxylation is 1. The number of nitrogens with zero attached hydrogens (tertiary/aromatic N) is 1. The van der Waals surface area contributed by atoms with Gasteiger partial charge in [0.05, 0.1) is 16.8 Å². The van der Waals surface area contributed by atoms with Crippen LogP contribution >= 0.6 is 0 Å². The fraction of sp³-hybridized carbons (Fsp3) is 0.143. The fourth-order valence-electron chi connectivity index (χ4n) is 1.76. The van der Waals surface area contributed by atoms with Crippen LogP contribution in [0.3, 0.4) is 0 Å². The van der Waals surface area contributed by atoms with Crippen LogP contribution in [0.4, 0.5) is 11.4 Å². The monoisotopic (exact) mass is 305 g/mol. The van der Waals surface area contributed by atoms with Gasteiger partial charge in [0.2, 0.25) is 5.91 Å². The zero-order chi connectivity index (χ0) is 15.5. The summed E-state index contributed by atoms with van der Waals surface area (Å²) in [6.45, 7) is 1.92. The van der Waals surface area contributed by atoms with E-state index in [0.717, 1.165) is 5.56 Å². The number of nitrogen functional groups attached to an aromatic ring is 1. The minimum absolute atomic E-state index is 0.0284. The average molecular weight is 305 g/mol. The number of rotatable bonds is 4. The first kappa shape index (κ1) is 15.0. The lowest BCUT2D eigenvalue weighted by molar-refractivity contribution is -0.113. The third kappa shape index (κ3) is 3.79. The van der Waals surface area contributed by atoms with E-state index in [4.69, 9.17) is 5.73 Å². The predicted molar refractivity (Wildman–Crippen MR) is 80.5 cm³/mol. The zero-order valence-corrected chi connectivity index (χ0v) is 12.2. The van der Waals surface area contributed by atoms with Crippen LogP contribution in [-0.2, 0) is 14.6 Å². The van der Waals surface area contributed by atoms with Crippen molar-refractivity contribution >= 4 is 27.1 Å². The molecule has 6 nitrogen and oxygen atoms in total. The van der Waals surface area contributed by atoms with Crippen LogP contribution in [-0.4, -0.2) is 25.1 Å². The molecule has 0 unspecified atom stereocenters. The largest absolute Gasteiger partial charge is 0.396 e. The van der Waals surface area contributed by atoms with Crippen LogP contribution in [0.25, 0.3) is 0 Å². The first-order valence-electron chi connectivity index (χ1n) is 6.17. The lowest BCUT2D eigenvalue weighted by Gasteiger charge is -2.08. The number of hydrogen-bond donors (Lipinski definition) is 2. The zero-order valence-electron chi connectivity index (χ0n) is 11.4. The average Bonchev–Trinajstić information content (AvgIpc) is 2.41. The summed E-state index contributed by atoms with van der Waals surface area (Å²) in [4.78, 5) is 15.5. The summed E-state index contributed by atoms with van der Waals surface area (Å²) in [5.41, 5.74) is 7.20. The molecule has 0 spiro atoms. The number of nitrogens with one attached hydrogen (secondary N) is 1. The van der Waals surface area contributed by atoms with Gasteiger partial charge in [0.15, 0.2) is 9.84 Å². The van der Waals surface area contributed by atoms with Gasteiger partial charge >= 0.3 is 0 Å². The highest BCUT2D eigenvalue weighted by Crippen LogP contribution is 2.18. The van der Waals surface area contributed by atoms with Crippen molar-refractivity contribution in [3.8, 4) is 0 Å². The second-order valence-corrected chi connectivity index (χ2v) is 6.54. The highest BCUT2D eigenvalue weighted by molar-refractivity contribution is 7.92. The Labute approximate surface area is 122 Å². The van der Waals surface area contributed by atoms with E-state index >= 15 is 0 Å². The van der Waals surface area contributed by atoms with Gasteiger partial charge in [0.1, 0.15) is 5.75 Å². The molecule has 110 valence electrons. The molecular formula is C14H15N3O3S. The van der Waals surface area contributed by atoms with Crippen molar-refractivity contribution < 1.29 is 13.2 Å². The lowest BCUT2D eigenvalue weighted by atomic mass is 10.2. The minimum Gasteiger partial charge on any atom is -0.396 e. The molecule has 1 aromatic heterocycles. The molecule has 0 radical (unpaired) electrons. The SMILES string of the molecule is Cc1ccc(NC(=O)CS(=O)(=O)c2ccncc2N)cc1. The van der Waals surface area contributed by atoms with E-state index in [-0.39, 0.29) is 10.6 Å². The standard InChI is InChI=1S/C14H15N3O3S/c1-10-2-4-11(5-3-10)17-14(18)9-21(19,20)13-6-7-16-8-12(13)15/h2-8H,9,15H2,1H3,(H,17,18). The second-order valence-electron chi connectivity index (χ2n) is 4.59. The normalized spacial score (nSPS) is 11.1. The van der Waals surface area contributed by atoms with Gasteiger partial charge in [-0.05, 0) is 25.1 Å². The Balaban J connectivity index is 2.12. The Hall–Kier alpha value is -2.41. The number of carbonyl (C=O) groups excluding carboxylic acids is 1. The molecule has 0 aliphatic carbocycles. The fourth-order valence-corrected chi connectivity index (χ4v) is 3.01. The van der Waals surface area contributed by atoms with Crippen molar-refractivity contribution in [3.63, 3.8) is 0 Å². The summed E-state index contributed by atoms with van der Waals surface area (Å²) < 4.78 is 24.3. The van der Waals surface area contributed by atoms with Gasteiger partial charge in [-0.15, -0.1) is 0 Å². The van der Waals surface area contributed by atoms with Crippen LogP contribution in [0, 0.1) is 6.92 Å². The first-order chi connectivity index (χ1) is 9.88. The quantitative estimate of drug-likeness (QED) is 0.888. The van der Waals surface area contributed by atoms with Gasteiger partial charge in [0.25, 0.3) is 0 Å². The summed E-state index contributed by atoms with van der Waals surface area (Å²) in [7, 11) is -3.80. The Kier molecular flexibility index (Phi) is 4.23. The molecule has 0 saturated carbocycles. The maximum Gasteiger partial charge on any atom is 0.239 e. The molecular weight excluding hydrogens is 290 g/mol. The number of benzene rings is 1. The predicted octanol–water partition coefficient (Wildman–Crippen LogP) is 1.38. The van der Waals surface area contributed by atoms with Crippen LogP contribution in [0.1, 0.15) is 5.56 Å².